The fourth-order valence-corrected chi connectivity index (χ4v) is 3.53. The number of nitrogen functional groups attached to an aromatic ring is 1. The summed E-state index contributed by atoms with van der Waals surface area (Å²) < 4.78 is 10.9. The number of rotatable bonds is 3. The number of anilines is 1. The van der Waals surface area contributed by atoms with Gasteiger partial charge in [0.25, 0.3) is 0 Å². The predicted octanol–water partition coefficient (Wildman–Crippen LogP) is 4.73. The standard InChI is InChI=1S/C15H13Cl2NO2S/c16-11-3-9-6-19-8-20-15(9)10(4-11)7-21-12-1-2-14(18)13(17)5-12/h1-5H,6-8,18H2. The molecular weight excluding hydrogens is 329 g/mol. The van der Waals surface area contributed by atoms with Gasteiger partial charge in [0.05, 0.1) is 17.3 Å². The van der Waals surface area contributed by atoms with Gasteiger partial charge in [0.2, 0.25) is 0 Å². The van der Waals surface area contributed by atoms with E-state index in [1.54, 1.807) is 11.8 Å². The van der Waals surface area contributed by atoms with Crippen LogP contribution < -0.4 is 10.5 Å². The number of hydrogen-bond acceptors (Lipinski definition) is 4. The van der Waals surface area contributed by atoms with Crippen LogP contribution in [0.15, 0.2) is 35.2 Å². The molecule has 0 aromatic heterocycles. The highest BCUT2D eigenvalue weighted by molar-refractivity contribution is 7.98. The first-order valence-electron chi connectivity index (χ1n) is 6.33. The minimum absolute atomic E-state index is 0.278. The van der Waals surface area contributed by atoms with E-state index >= 15 is 0 Å². The zero-order valence-corrected chi connectivity index (χ0v) is 13.4. The monoisotopic (exact) mass is 341 g/mol. The van der Waals surface area contributed by atoms with Gasteiger partial charge in [-0.2, -0.15) is 0 Å². The highest BCUT2D eigenvalue weighted by Crippen LogP contribution is 2.36. The average molecular weight is 342 g/mol. The van der Waals surface area contributed by atoms with Crippen molar-refractivity contribution in [1.82, 2.24) is 0 Å². The topological polar surface area (TPSA) is 44.5 Å². The van der Waals surface area contributed by atoms with Crippen LogP contribution in [0.25, 0.3) is 0 Å². The van der Waals surface area contributed by atoms with E-state index in [0.29, 0.717) is 22.3 Å². The molecule has 3 rings (SSSR count). The van der Waals surface area contributed by atoms with E-state index < -0.39 is 0 Å². The molecule has 0 saturated carbocycles. The van der Waals surface area contributed by atoms with Crippen LogP contribution in [-0.2, 0) is 17.1 Å². The van der Waals surface area contributed by atoms with E-state index in [1.165, 1.54) is 0 Å². The Bertz CT molecular complexity index is 679. The SMILES string of the molecule is Nc1ccc(SCc2cc(Cl)cc3c2OCOC3)cc1Cl. The molecule has 2 aromatic carbocycles. The minimum atomic E-state index is 0.278. The molecular formula is C15H13Cl2NO2S. The maximum absolute atomic E-state index is 6.15. The van der Waals surface area contributed by atoms with Crippen molar-refractivity contribution in [3.05, 3.63) is 51.5 Å². The van der Waals surface area contributed by atoms with Gasteiger partial charge in [-0.3, -0.25) is 0 Å². The lowest BCUT2D eigenvalue weighted by atomic mass is 10.1. The quantitative estimate of drug-likeness (QED) is 0.647. The fraction of sp³-hybridized carbons (Fsp3) is 0.200. The molecule has 1 aliphatic rings. The number of fused-ring (bicyclic) bond motifs is 1. The van der Waals surface area contributed by atoms with Crippen molar-refractivity contribution in [1.29, 1.82) is 0 Å². The number of hydrogen-bond donors (Lipinski definition) is 1. The van der Waals surface area contributed by atoms with Crippen LogP contribution in [0.2, 0.25) is 10.0 Å². The first-order valence-corrected chi connectivity index (χ1v) is 8.07. The Balaban J connectivity index is 1.81. The van der Waals surface area contributed by atoms with Gasteiger partial charge in [0.15, 0.2) is 6.79 Å². The molecule has 2 N–H and O–H groups in total. The fourth-order valence-electron chi connectivity index (χ4n) is 2.12. The number of benzene rings is 2. The van der Waals surface area contributed by atoms with Gasteiger partial charge in [-0.05, 0) is 30.3 Å². The van der Waals surface area contributed by atoms with Gasteiger partial charge >= 0.3 is 0 Å². The van der Waals surface area contributed by atoms with E-state index in [0.717, 1.165) is 27.5 Å². The lowest BCUT2D eigenvalue weighted by Crippen LogP contribution is -2.12. The first kappa shape index (κ1) is 14.9. The van der Waals surface area contributed by atoms with Gasteiger partial charge in [0, 0.05) is 26.8 Å². The van der Waals surface area contributed by atoms with Crippen molar-refractivity contribution in [3.63, 3.8) is 0 Å². The second kappa shape index (κ2) is 6.36. The summed E-state index contributed by atoms with van der Waals surface area (Å²) >= 11 is 13.8. The molecule has 0 spiro atoms. The van der Waals surface area contributed by atoms with Crippen LogP contribution in [0.3, 0.4) is 0 Å². The summed E-state index contributed by atoms with van der Waals surface area (Å²) in [6.45, 7) is 0.807. The predicted molar refractivity (Wildman–Crippen MR) is 87.2 cm³/mol. The first-order chi connectivity index (χ1) is 10.1. The molecule has 0 fully saturated rings. The second-order valence-corrected chi connectivity index (χ2v) is 6.53. The molecule has 0 bridgehead atoms. The minimum Gasteiger partial charge on any atom is -0.467 e. The number of nitrogens with two attached hydrogens (primary N) is 1. The molecule has 21 heavy (non-hydrogen) atoms. The highest BCUT2D eigenvalue weighted by Gasteiger charge is 2.16. The highest BCUT2D eigenvalue weighted by atomic mass is 35.5. The number of ether oxygens (including phenoxy) is 2. The Morgan fingerprint density at radius 3 is 2.86 bits per heavy atom. The summed E-state index contributed by atoms with van der Waals surface area (Å²) in [7, 11) is 0. The third-order valence-electron chi connectivity index (χ3n) is 3.12. The molecule has 1 heterocycles. The van der Waals surface area contributed by atoms with Crippen molar-refractivity contribution < 1.29 is 9.47 Å². The van der Waals surface area contributed by atoms with Crippen molar-refractivity contribution in [2.45, 2.75) is 17.3 Å². The van der Waals surface area contributed by atoms with Crippen LogP contribution in [0.5, 0.6) is 5.75 Å². The van der Waals surface area contributed by atoms with E-state index in [-0.39, 0.29) is 6.79 Å². The van der Waals surface area contributed by atoms with Gasteiger partial charge in [-0.25, -0.2) is 0 Å². The molecule has 1 aliphatic heterocycles. The molecule has 2 aromatic rings. The van der Waals surface area contributed by atoms with Crippen LogP contribution in [0.1, 0.15) is 11.1 Å². The Kier molecular flexibility index (Phi) is 4.50. The number of halogens is 2. The lowest BCUT2D eigenvalue weighted by molar-refractivity contribution is -0.0168. The summed E-state index contributed by atoms with van der Waals surface area (Å²) in [6, 6.07) is 9.43. The van der Waals surface area contributed by atoms with E-state index in [1.807, 2.05) is 30.3 Å². The zero-order chi connectivity index (χ0) is 14.8. The third-order valence-corrected chi connectivity index (χ3v) is 4.71. The van der Waals surface area contributed by atoms with Gasteiger partial charge in [-0.15, -0.1) is 11.8 Å². The maximum atomic E-state index is 6.15. The third kappa shape index (κ3) is 3.40. The zero-order valence-electron chi connectivity index (χ0n) is 11.1. The summed E-state index contributed by atoms with van der Waals surface area (Å²) in [4.78, 5) is 1.05. The summed E-state index contributed by atoms with van der Waals surface area (Å²) in [5.74, 6) is 1.61. The van der Waals surface area contributed by atoms with Crippen LogP contribution in [0.4, 0.5) is 5.69 Å². The summed E-state index contributed by atoms with van der Waals surface area (Å²) in [6.07, 6.45) is 0. The van der Waals surface area contributed by atoms with Crippen molar-refractivity contribution in [2.75, 3.05) is 12.5 Å². The Hall–Kier alpha value is -1.07. The largest absolute Gasteiger partial charge is 0.467 e. The molecule has 0 atom stereocenters. The van der Waals surface area contributed by atoms with Crippen molar-refractivity contribution in [2.24, 2.45) is 0 Å². The van der Waals surface area contributed by atoms with Crippen LogP contribution in [0, 0.1) is 0 Å². The molecule has 6 heteroatoms. The van der Waals surface area contributed by atoms with E-state index in [9.17, 15) is 0 Å². The molecule has 110 valence electrons. The van der Waals surface area contributed by atoms with Crippen LogP contribution >= 0.6 is 35.0 Å². The van der Waals surface area contributed by atoms with Crippen molar-refractivity contribution >= 4 is 40.7 Å². The van der Waals surface area contributed by atoms with Gasteiger partial charge in [-0.1, -0.05) is 23.2 Å². The van der Waals surface area contributed by atoms with Gasteiger partial charge < -0.3 is 15.2 Å². The average Bonchev–Trinajstić information content (AvgIpc) is 2.48. The Morgan fingerprint density at radius 1 is 1.19 bits per heavy atom. The molecule has 0 amide bonds. The molecule has 0 aliphatic carbocycles. The van der Waals surface area contributed by atoms with E-state index in [2.05, 4.69) is 0 Å². The summed E-state index contributed by atoms with van der Waals surface area (Å²) in [5.41, 5.74) is 8.34. The molecule has 3 nitrogen and oxygen atoms in total. The lowest BCUT2D eigenvalue weighted by Gasteiger charge is -2.21. The Morgan fingerprint density at radius 2 is 2.05 bits per heavy atom. The second-order valence-electron chi connectivity index (χ2n) is 4.64. The normalized spacial score (nSPS) is 13.6. The Labute approximate surface area is 137 Å². The smallest absolute Gasteiger partial charge is 0.189 e. The maximum Gasteiger partial charge on any atom is 0.189 e. The molecule has 0 unspecified atom stereocenters. The molecule has 0 saturated heterocycles. The van der Waals surface area contributed by atoms with E-state index in [4.69, 9.17) is 38.4 Å². The number of thioether (sulfide) groups is 1. The van der Waals surface area contributed by atoms with Gasteiger partial charge in [0.1, 0.15) is 5.75 Å². The molecule has 0 radical (unpaired) electrons. The van der Waals surface area contributed by atoms with Crippen molar-refractivity contribution in [3.8, 4) is 5.75 Å². The van der Waals surface area contributed by atoms with Crippen LogP contribution in [-0.4, -0.2) is 6.79 Å². The summed E-state index contributed by atoms with van der Waals surface area (Å²) in [5, 5.41) is 1.26.